The average Bonchev–Trinajstić information content (AvgIpc) is 2.77. The third kappa shape index (κ3) is 3.48. The van der Waals surface area contributed by atoms with Crippen LogP contribution in [0.3, 0.4) is 0 Å². The maximum absolute atomic E-state index is 6.10. The third-order valence-electron chi connectivity index (χ3n) is 2.77. The molecule has 0 aliphatic heterocycles. The van der Waals surface area contributed by atoms with E-state index in [1.54, 1.807) is 29.1 Å². The van der Waals surface area contributed by atoms with Gasteiger partial charge in [-0.2, -0.15) is 14.9 Å². The summed E-state index contributed by atoms with van der Waals surface area (Å²) in [5, 5.41) is 12.4. The molecular weight excluding hydrogens is 315 g/mol. The number of nitrogens with zero attached hydrogens (tertiary/aromatic N) is 3. The highest BCUT2D eigenvalue weighted by atomic mass is 35.5. The Bertz CT molecular complexity index is 655. The zero-order valence-corrected chi connectivity index (χ0v) is 13.3. The van der Waals surface area contributed by atoms with Gasteiger partial charge < -0.3 is 0 Å². The molecule has 0 saturated carbocycles. The Morgan fingerprint density at radius 3 is 2.75 bits per heavy atom. The van der Waals surface area contributed by atoms with Gasteiger partial charge in [0.15, 0.2) is 5.82 Å². The molecule has 2 rings (SSSR count). The Morgan fingerprint density at radius 1 is 1.40 bits per heavy atom. The van der Waals surface area contributed by atoms with Crippen molar-refractivity contribution in [1.29, 1.82) is 0 Å². The molecule has 0 unspecified atom stereocenters. The van der Waals surface area contributed by atoms with Crippen LogP contribution in [-0.4, -0.2) is 21.1 Å². The number of aromatic nitrogens is 3. The van der Waals surface area contributed by atoms with E-state index in [1.165, 1.54) is 0 Å². The molecule has 106 valence electrons. The maximum atomic E-state index is 6.10. The van der Waals surface area contributed by atoms with Crippen molar-refractivity contribution in [3.8, 4) is 0 Å². The number of aryl methyl sites for hydroxylation is 1. The lowest BCUT2D eigenvalue weighted by Crippen LogP contribution is -1.99. The van der Waals surface area contributed by atoms with Gasteiger partial charge in [0.1, 0.15) is 0 Å². The number of H-pyrrole nitrogens is 1. The van der Waals surface area contributed by atoms with Crippen LogP contribution in [0.4, 0.5) is 0 Å². The Kier molecular flexibility index (Phi) is 5.34. The lowest BCUT2D eigenvalue weighted by molar-refractivity contribution is 0.700. The standard InChI is InChI=1S/C13H14Cl2N4S/c1-2-3-7-12-17-18-13(20)19(12)16-8-9-10(14)5-4-6-11(9)15/h4-6,8H,2-3,7H2,1H3,(H,18,20)/b16-8-. The number of benzene rings is 1. The molecule has 4 nitrogen and oxygen atoms in total. The summed E-state index contributed by atoms with van der Waals surface area (Å²) in [6.07, 6.45) is 4.53. The Hall–Kier alpha value is -1.17. The fourth-order valence-corrected chi connectivity index (χ4v) is 2.38. The second kappa shape index (κ2) is 7.02. The van der Waals surface area contributed by atoms with Crippen LogP contribution in [0.25, 0.3) is 0 Å². The van der Waals surface area contributed by atoms with E-state index in [1.807, 2.05) is 0 Å². The second-order valence-electron chi connectivity index (χ2n) is 4.24. The molecule has 0 fully saturated rings. The number of hydrogen-bond donors (Lipinski definition) is 1. The summed E-state index contributed by atoms with van der Waals surface area (Å²) < 4.78 is 2.06. The predicted molar refractivity (Wildman–Crippen MR) is 85.5 cm³/mol. The van der Waals surface area contributed by atoms with E-state index >= 15 is 0 Å². The van der Waals surface area contributed by atoms with E-state index in [4.69, 9.17) is 35.4 Å². The monoisotopic (exact) mass is 328 g/mol. The van der Waals surface area contributed by atoms with E-state index in [-0.39, 0.29) is 0 Å². The summed E-state index contributed by atoms with van der Waals surface area (Å²) in [4.78, 5) is 0. The number of unbranched alkanes of at least 4 members (excludes halogenated alkanes) is 1. The minimum atomic E-state index is 0.454. The quantitative estimate of drug-likeness (QED) is 0.650. The molecule has 20 heavy (non-hydrogen) atoms. The zero-order valence-electron chi connectivity index (χ0n) is 10.9. The smallest absolute Gasteiger partial charge is 0.216 e. The first-order valence-corrected chi connectivity index (χ1v) is 7.44. The summed E-state index contributed by atoms with van der Waals surface area (Å²) in [5.41, 5.74) is 0.667. The first-order valence-electron chi connectivity index (χ1n) is 6.28. The molecule has 0 spiro atoms. The van der Waals surface area contributed by atoms with Crippen LogP contribution in [0.2, 0.25) is 10.0 Å². The Balaban J connectivity index is 2.32. The van der Waals surface area contributed by atoms with Crippen LogP contribution in [0.1, 0.15) is 31.2 Å². The molecule has 0 amide bonds. The largest absolute Gasteiger partial charge is 0.250 e. The van der Waals surface area contributed by atoms with Gasteiger partial charge in [-0.1, -0.05) is 42.6 Å². The zero-order chi connectivity index (χ0) is 14.5. The molecule has 1 heterocycles. The highest BCUT2D eigenvalue weighted by molar-refractivity contribution is 7.71. The minimum Gasteiger partial charge on any atom is -0.250 e. The van der Waals surface area contributed by atoms with Crippen molar-refractivity contribution in [3.05, 3.63) is 44.4 Å². The van der Waals surface area contributed by atoms with E-state index in [0.717, 1.165) is 25.1 Å². The second-order valence-corrected chi connectivity index (χ2v) is 5.44. The van der Waals surface area contributed by atoms with E-state index in [9.17, 15) is 0 Å². The van der Waals surface area contributed by atoms with E-state index < -0.39 is 0 Å². The van der Waals surface area contributed by atoms with Crippen LogP contribution in [-0.2, 0) is 6.42 Å². The summed E-state index contributed by atoms with van der Waals surface area (Å²) in [5.74, 6) is 0.802. The summed E-state index contributed by atoms with van der Waals surface area (Å²) in [7, 11) is 0. The molecular formula is C13H14Cl2N4S. The number of hydrogen-bond acceptors (Lipinski definition) is 3. The van der Waals surface area contributed by atoms with Gasteiger partial charge in [-0.05, 0) is 30.8 Å². The molecule has 0 atom stereocenters. The fourth-order valence-electron chi connectivity index (χ4n) is 1.69. The number of aromatic amines is 1. The maximum Gasteiger partial charge on any atom is 0.216 e. The topological polar surface area (TPSA) is 46.0 Å². The molecule has 1 aromatic heterocycles. The minimum absolute atomic E-state index is 0.454. The SMILES string of the molecule is CCCCc1n[nH]c(=S)n1/N=C\c1c(Cl)cccc1Cl. The molecule has 7 heteroatoms. The van der Waals surface area contributed by atoms with E-state index in [0.29, 0.717) is 20.4 Å². The molecule has 0 aliphatic carbocycles. The van der Waals surface area contributed by atoms with Gasteiger partial charge in [-0.3, -0.25) is 5.10 Å². The van der Waals surface area contributed by atoms with Crippen LogP contribution in [0.5, 0.6) is 0 Å². The highest BCUT2D eigenvalue weighted by Gasteiger charge is 2.06. The van der Waals surface area contributed by atoms with Gasteiger partial charge in [0.25, 0.3) is 0 Å². The van der Waals surface area contributed by atoms with Crippen molar-refractivity contribution in [2.45, 2.75) is 26.2 Å². The van der Waals surface area contributed by atoms with Crippen LogP contribution in [0, 0.1) is 4.77 Å². The molecule has 2 aromatic rings. The number of halogens is 2. The molecule has 0 saturated heterocycles. The Morgan fingerprint density at radius 2 is 2.10 bits per heavy atom. The fraction of sp³-hybridized carbons (Fsp3) is 0.308. The normalized spacial score (nSPS) is 11.3. The molecule has 1 aromatic carbocycles. The van der Waals surface area contributed by atoms with Crippen molar-refractivity contribution in [1.82, 2.24) is 14.9 Å². The van der Waals surface area contributed by atoms with Crippen molar-refractivity contribution in [2.24, 2.45) is 5.10 Å². The lowest BCUT2D eigenvalue weighted by atomic mass is 10.2. The van der Waals surface area contributed by atoms with Gasteiger partial charge in [0.2, 0.25) is 4.77 Å². The molecule has 0 bridgehead atoms. The van der Waals surface area contributed by atoms with Gasteiger partial charge >= 0.3 is 0 Å². The van der Waals surface area contributed by atoms with Gasteiger partial charge in [-0.25, -0.2) is 0 Å². The summed E-state index contributed by atoms with van der Waals surface area (Å²) >= 11 is 17.4. The Labute approximate surface area is 132 Å². The van der Waals surface area contributed by atoms with Crippen molar-refractivity contribution >= 4 is 41.6 Å². The van der Waals surface area contributed by atoms with Crippen LogP contribution in [0.15, 0.2) is 23.3 Å². The van der Waals surface area contributed by atoms with E-state index in [2.05, 4.69) is 22.2 Å². The summed E-state index contributed by atoms with van der Waals surface area (Å²) in [6, 6.07) is 5.32. The number of nitrogens with one attached hydrogen (secondary N) is 1. The van der Waals surface area contributed by atoms with Gasteiger partial charge in [-0.15, -0.1) is 0 Å². The highest BCUT2D eigenvalue weighted by Crippen LogP contribution is 2.22. The van der Waals surface area contributed by atoms with Crippen molar-refractivity contribution in [3.63, 3.8) is 0 Å². The first-order chi connectivity index (χ1) is 9.63. The van der Waals surface area contributed by atoms with Gasteiger partial charge in [0.05, 0.1) is 16.3 Å². The molecule has 0 radical (unpaired) electrons. The van der Waals surface area contributed by atoms with Crippen LogP contribution >= 0.6 is 35.4 Å². The summed E-state index contributed by atoms with van der Waals surface area (Å²) in [6.45, 7) is 2.12. The molecule has 1 N–H and O–H groups in total. The number of rotatable bonds is 5. The van der Waals surface area contributed by atoms with Crippen molar-refractivity contribution < 1.29 is 0 Å². The van der Waals surface area contributed by atoms with Gasteiger partial charge in [0, 0.05) is 12.0 Å². The first kappa shape index (κ1) is 15.2. The average molecular weight is 329 g/mol. The lowest BCUT2D eigenvalue weighted by Gasteiger charge is -2.02. The molecule has 0 aliphatic rings. The predicted octanol–water partition coefficient (Wildman–Crippen LogP) is 4.47. The van der Waals surface area contributed by atoms with Crippen LogP contribution < -0.4 is 0 Å². The third-order valence-corrected chi connectivity index (χ3v) is 3.70. The van der Waals surface area contributed by atoms with Crippen molar-refractivity contribution in [2.75, 3.05) is 0 Å².